The molecule has 16 heavy (non-hydrogen) atoms. The van der Waals surface area contributed by atoms with E-state index in [1.54, 1.807) is 11.6 Å². The fourth-order valence-electron chi connectivity index (χ4n) is 1.41. The van der Waals surface area contributed by atoms with Gasteiger partial charge in [-0.25, -0.2) is 9.07 Å². The summed E-state index contributed by atoms with van der Waals surface area (Å²) in [5.74, 6) is -0.354. The molecule has 1 saturated carbocycles. The minimum Gasteiger partial charge on any atom is -0.343 e. The van der Waals surface area contributed by atoms with Crippen molar-refractivity contribution in [1.82, 2.24) is 25.5 Å². The van der Waals surface area contributed by atoms with Crippen LogP contribution in [-0.4, -0.2) is 31.7 Å². The van der Waals surface area contributed by atoms with Crippen molar-refractivity contribution in [3.63, 3.8) is 0 Å². The minimum absolute atomic E-state index is 0.307. The number of halogens is 2. The van der Waals surface area contributed by atoms with Gasteiger partial charge < -0.3 is 5.32 Å². The van der Waals surface area contributed by atoms with Crippen LogP contribution < -0.4 is 5.32 Å². The van der Waals surface area contributed by atoms with Crippen molar-refractivity contribution < 1.29 is 9.18 Å². The SMILES string of the molecule is CC(NC(=O)C(F)Cl)c1nnnn1C1CC1. The molecular formula is C8H11ClFN5O. The molecule has 1 aliphatic carbocycles. The van der Waals surface area contributed by atoms with E-state index in [1.807, 2.05) is 0 Å². The van der Waals surface area contributed by atoms with E-state index in [2.05, 4.69) is 20.8 Å². The Hall–Kier alpha value is -1.24. The fourth-order valence-corrected chi connectivity index (χ4v) is 1.47. The summed E-state index contributed by atoms with van der Waals surface area (Å²) in [5.41, 5.74) is -2.05. The van der Waals surface area contributed by atoms with Crippen LogP contribution in [0.15, 0.2) is 0 Å². The summed E-state index contributed by atoms with van der Waals surface area (Å²) >= 11 is 5.01. The predicted octanol–water partition coefficient (Wildman–Crippen LogP) is 0.720. The van der Waals surface area contributed by atoms with Crippen LogP contribution in [-0.2, 0) is 4.79 Å². The average molecular weight is 248 g/mol. The van der Waals surface area contributed by atoms with Gasteiger partial charge >= 0.3 is 0 Å². The molecule has 6 nitrogen and oxygen atoms in total. The van der Waals surface area contributed by atoms with Crippen LogP contribution in [0.25, 0.3) is 0 Å². The van der Waals surface area contributed by atoms with Crippen LogP contribution in [0.4, 0.5) is 4.39 Å². The van der Waals surface area contributed by atoms with Crippen molar-refractivity contribution in [2.75, 3.05) is 0 Å². The van der Waals surface area contributed by atoms with Gasteiger partial charge in [0.05, 0.1) is 12.1 Å². The summed E-state index contributed by atoms with van der Waals surface area (Å²) in [5, 5.41) is 13.6. The number of carbonyl (C=O) groups is 1. The highest BCUT2D eigenvalue weighted by Crippen LogP contribution is 2.35. The van der Waals surface area contributed by atoms with Gasteiger partial charge in [-0.3, -0.25) is 4.79 Å². The molecule has 2 unspecified atom stereocenters. The van der Waals surface area contributed by atoms with E-state index in [0.717, 1.165) is 12.8 Å². The molecule has 88 valence electrons. The van der Waals surface area contributed by atoms with Crippen molar-refractivity contribution in [1.29, 1.82) is 0 Å². The van der Waals surface area contributed by atoms with E-state index in [4.69, 9.17) is 11.6 Å². The quantitative estimate of drug-likeness (QED) is 0.796. The lowest BCUT2D eigenvalue weighted by atomic mass is 10.3. The molecule has 0 aliphatic heterocycles. The third-order valence-electron chi connectivity index (χ3n) is 2.36. The number of nitrogens with zero attached hydrogens (tertiary/aromatic N) is 4. The number of rotatable bonds is 4. The number of alkyl halides is 2. The Bertz CT molecular complexity index is 392. The standard InChI is InChI=1S/C8H11ClFN5O/c1-4(11-8(16)6(9)10)7-12-13-14-15(7)5-2-3-5/h4-6H,2-3H2,1H3,(H,11,16). The van der Waals surface area contributed by atoms with Crippen LogP contribution in [0.2, 0.25) is 0 Å². The lowest BCUT2D eigenvalue weighted by Crippen LogP contribution is -2.32. The van der Waals surface area contributed by atoms with Crippen molar-refractivity contribution in [2.24, 2.45) is 0 Å². The summed E-state index contributed by atoms with van der Waals surface area (Å²) in [7, 11) is 0. The molecule has 2 atom stereocenters. The highest BCUT2D eigenvalue weighted by molar-refractivity contribution is 6.29. The zero-order valence-corrected chi connectivity index (χ0v) is 9.36. The van der Waals surface area contributed by atoms with E-state index in [0.29, 0.717) is 11.9 Å². The molecule has 0 aromatic carbocycles. The number of carbonyl (C=O) groups excluding carboxylic acids is 1. The Morgan fingerprint density at radius 1 is 1.69 bits per heavy atom. The number of hydrogen-bond donors (Lipinski definition) is 1. The first-order valence-corrected chi connectivity index (χ1v) is 5.39. The second-order valence-corrected chi connectivity index (χ2v) is 4.13. The molecule has 0 bridgehead atoms. The highest BCUT2D eigenvalue weighted by Gasteiger charge is 2.30. The van der Waals surface area contributed by atoms with Crippen molar-refractivity contribution >= 4 is 17.5 Å². The van der Waals surface area contributed by atoms with E-state index in [-0.39, 0.29) is 0 Å². The second kappa shape index (κ2) is 4.32. The monoisotopic (exact) mass is 247 g/mol. The molecule has 1 N–H and O–H groups in total. The third kappa shape index (κ3) is 2.29. The van der Waals surface area contributed by atoms with E-state index in [1.165, 1.54) is 0 Å². The Morgan fingerprint density at radius 2 is 2.38 bits per heavy atom. The lowest BCUT2D eigenvalue weighted by Gasteiger charge is -2.13. The van der Waals surface area contributed by atoms with E-state index < -0.39 is 17.6 Å². The van der Waals surface area contributed by atoms with Gasteiger partial charge in [0.1, 0.15) is 0 Å². The van der Waals surface area contributed by atoms with Crippen LogP contribution in [0.5, 0.6) is 0 Å². The predicted molar refractivity (Wildman–Crippen MR) is 53.4 cm³/mol. The molecule has 2 rings (SSSR count). The molecule has 1 fully saturated rings. The zero-order chi connectivity index (χ0) is 11.7. The van der Waals surface area contributed by atoms with Gasteiger partial charge in [0, 0.05) is 0 Å². The normalized spacial score (nSPS) is 19.2. The summed E-state index contributed by atoms with van der Waals surface area (Å²) in [4.78, 5) is 11.0. The number of aromatic nitrogens is 4. The third-order valence-corrected chi connectivity index (χ3v) is 2.55. The smallest absolute Gasteiger partial charge is 0.270 e. The molecule has 0 radical (unpaired) electrons. The van der Waals surface area contributed by atoms with Crippen LogP contribution >= 0.6 is 11.6 Å². The zero-order valence-electron chi connectivity index (χ0n) is 8.60. The Kier molecular flexibility index (Phi) is 3.04. The van der Waals surface area contributed by atoms with Crippen molar-refractivity contribution in [2.45, 2.75) is 37.5 Å². The van der Waals surface area contributed by atoms with Crippen LogP contribution in [0.3, 0.4) is 0 Å². The maximum atomic E-state index is 12.5. The van der Waals surface area contributed by atoms with Crippen molar-refractivity contribution in [3.8, 4) is 0 Å². The summed E-state index contributed by atoms with van der Waals surface area (Å²) < 4.78 is 14.1. The van der Waals surface area contributed by atoms with Gasteiger partial charge in [0.25, 0.3) is 11.5 Å². The summed E-state index contributed by atoms with van der Waals surface area (Å²) in [6.45, 7) is 1.68. The Balaban J connectivity index is 2.05. The maximum Gasteiger partial charge on any atom is 0.270 e. The van der Waals surface area contributed by atoms with Crippen LogP contribution in [0.1, 0.15) is 37.7 Å². The second-order valence-electron chi connectivity index (χ2n) is 3.74. The molecule has 1 aliphatic rings. The first-order chi connectivity index (χ1) is 7.59. The van der Waals surface area contributed by atoms with Gasteiger partial charge in [-0.05, 0) is 30.2 Å². The number of hydrogen-bond acceptors (Lipinski definition) is 4. The molecular weight excluding hydrogens is 237 g/mol. The molecule has 1 aromatic heterocycles. The molecule has 0 saturated heterocycles. The Labute approximate surface area is 96.1 Å². The molecule has 1 aromatic rings. The highest BCUT2D eigenvalue weighted by atomic mass is 35.5. The first-order valence-electron chi connectivity index (χ1n) is 4.96. The van der Waals surface area contributed by atoms with Gasteiger partial charge in [0.15, 0.2) is 5.82 Å². The van der Waals surface area contributed by atoms with Gasteiger partial charge in [-0.1, -0.05) is 11.6 Å². The molecule has 8 heteroatoms. The molecule has 1 amide bonds. The number of nitrogens with one attached hydrogen (secondary N) is 1. The van der Waals surface area contributed by atoms with E-state index >= 15 is 0 Å². The fraction of sp³-hybridized carbons (Fsp3) is 0.750. The van der Waals surface area contributed by atoms with Gasteiger partial charge in [-0.2, -0.15) is 0 Å². The number of tetrazole rings is 1. The Morgan fingerprint density at radius 3 is 2.94 bits per heavy atom. The average Bonchev–Trinajstić information content (AvgIpc) is 2.95. The first kappa shape index (κ1) is 11.3. The minimum atomic E-state index is -2.05. The van der Waals surface area contributed by atoms with Gasteiger partial charge in [-0.15, -0.1) is 5.10 Å². The number of amides is 1. The lowest BCUT2D eigenvalue weighted by molar-refractivity contribution is -0.124. The largest absolute Gasteiger partial charge is 0.343 e. The van der Waals surface area contributed by atoms with Gasteiger partial charge in [0.2, 0.25) is 0 Å². The molecule has 1 heterocycles. The molecule has 0 spiro atoms. The maximum absolute atomic E-state index is 12.5. The van der Waals surface area contributed by atoms with E-state index in [9.17, 15) is 9.18 Å². The van der Waals surface area contributed by atoms with Crippen molar-refractivity contribution in [3.05, 3.63) is 5.82 Å². The topological polar surface area (TPSA) is 72.7 Å². The van der Waals surface area contributed by atoms with Crippen LogP contribution in [0, 0.1) is 0 Å². The summed E-state index contributed by atoms with van der Waals surface area (Å²) in [6.07, 6.45) is 2.06. The summed E-state index contributed by atoms with van der Waals surface area (Å²) in [6, 6.07) is -0.151.